The summed E-state index contributed by atoms with van der Waals surface area (Å²) in [6.07, 6.45) is -0.0587. The molecule has 7 nitrogen and oxygen atoms in total. The molecule has 1 unspecified atom stereocenters. The molecule has 2 N–H and O–H groups in total. The van der Waals surface area contributed by atoms with Gasteiger partial charge in [-0.15, -0.1) is 0 Å². The van der Waals surface area contributed by atoms with E-state index in [0.29, 0.717) is 13.2 Å². The monoisotopic (exact) mass is 268 g/mol. The van der Waals surface area contributed by atoms with Crippen LogP contribution < -0.4 is 5.32 Å². The van der Waals surface area contributed by atoms with Crippen molar-refractivity contribution in [1.82, 2.24) is 10.2 Å². The van der Waals surface area contributed by atoms with Crippen LogP contribution in [0.25, 0.3) is 0 Å². The Kier molecular flexibility index (Phi) is 4.18. The maximum Gasteiger partial charge on any atom is 0.371 e. The number of nitrogens with one attached hydrogen (secondary N) is 1. The van der Waals surface area contributed by atoms with Gasteiger partial charge in [0.15, 0.2) is 5.76 Å². The first-order valence-corrected chi connectivity index (χ1v) is 5.97. The lowest BCUT2D eigenvalue weighted by molar-refractivity contribution is -0.0176. The minimum absolute atomic E-state index is 0.0124. The molecule has 1 fully saturated rings. The normalized spacial score (nSPS) is 20.2. The summed E-state index contributed by atoms with van der Waals surface area (Å²) < 4.78 is 10.4. The molecule has 0 aromatic carbocycles. The van der Waals surface area contributed by atoms with Gasteiger partial charge in [0.2, 0.25) is 5.76 Å². The van der Waals surface area contributed by atoms with Crippen LogP contribution in [0.5, 0.6) is 0 Å². The molecule has 0 radical (unpaired) electrons. The fraction of sp³-hybridized carbons (Fsp3) is 0.500. The van der Waals surface area contributed by atoms with E-state index in [-0.39, 0.29) is 17.6 Å². The van der Waals surface area contributed by atoms with Crippen LogP contribution in [0.15, 0.2) is 16.5 Å². The number of hydrogen-bond donors (Lipinski definition) is 2. The second kappa shape index (κ2) is 5.85. The number of rotatable bonds is 4. The van der Waals surface area contributed by atoms with E-state index in [1.54, 1.807) is 0 Å². The van der Waals surface area contributed by atoms with Gasteiger partial charge in [0.05, 0.1) is 12.7 Å². The van der Waals surface area contributed by atoms with E-state index < -0.39 is 11.9 Å². The minimum Gasteiger partial charge on any atom is -0.475 e. The third-order valence-electron chi connectivity index (χ3n) is 2.87. The van der Waals surface area contributed by atoms with Crippen molar-refractivity contribution in [1.29, 1.82) is 0 Å². The predicted octanol–water partition coefficient (Wildman–Crippen LogP) is 0.0382. The smallest absolute Gasteiger partial charge is 0.371 e. The van der Waals surface area contributed by atoms with Gasteiger partial charge < -0.3 is 24.5 Å². The highest BCUT2D eigenvalue weighted by atomic mass is 16.5. The highest BCUT2D eigenvalue weighted by molar-refractivity contribution is 5.93. The topological polar surface area (TPSA) is 92.0 Å². The summed E-state index contributed by atoms with van der Waals surface area (Å²) >= 11 is 0. The fourth-order valence-electron chi connectivity index (χ4n) is 1.86. The first-order valence-electron chi connectivity index (χ1n) is 5.97. The summed E-state index contributed by atoms with van der Waals surface area (Å²) in [7, 11) is 1.99. The van der Waals surface area contributed by atoms with E-state index >= 15 is 0 Å². The van der Waals surface area contributed by atoms with Gasteiger partial charge in [0, 0.05) is 19.6 Å². The van der Waals surface area contributed by atoms with Gasteiger partial charge in [-0.05, 0) is 19.2 Å². The number of aromatic carboxylic acids is 1. The van der Waals surface area contributed by atoms with Crippen LogP contribution in [0.2, 0.25) is 0 Å². The van der Waals surface area contributed by atoms with Gasteiger partial charge in [0.25, 0.3) is 5.91 Å². The van der Waals surface area contributed by atoms with Gasteiger partial charge in [-0.25, -0.2) is 4.79 Å². The predicted molar refractivity (Wildman–Crippen MR) is 65.2 cm³/mol. The molecule has 2 heterocycles. The molecule has 1 amide bonds. The lowest BCUT2D eigenvalue weighted by Crippen LogP contribution is -2.45. The number of furan rings is 1. The molecule has 0 saturated carbocycles. The van der Waals surface area contributed by atoms with E-state index in [9.17, 15) is 9.59 Å². The lowest BCUT2D eigenvalue weighted by atomic mass is 10.3. The Morgan fingerprint density at radius 1 is 1.47 bits per heavy atom. The number of carbonyl (C=O) groups excluding carboxylic acids is 1. The number of likely N-dealkylation sites (N-methyl/N-ethyl adjacent to an activating group) is 1. The second-order valence-corrected chi connectivity index (χ2v) is 4.43. The van der Waals surface area contributed by atoms with Crippen molar-refractivity contribution in [3.63, 3.8) is 0 Å². The van der Waals surface area contributed by atoms with Crippen molar-refractivity contribution in [2.45, 2.75) is 6.10 Å². The second-order valence-electron chi connectivity index (χ2n) is 4.43. The number of morpholine rings is 1. The van der Waals surface area contributed by atoms with Crippen molar-refractivity contribution in [3.05, 3.63) is 23.7 Å². The zero-order valence-electron chi connectivity index (χ0n) is 10.6. The maximum absolute atomic E-state index is 11.7. The minimum atomic E-state index is -1.20. The first-order chi connectivity index (χ1) is 9.06. The van der Waals surface area contributed by atoms with Gasteiger partial charge in [-0.1, -0.05) is 0 Å². The van der Waals surface area contributed by atoms with E-state index in [1.807, 2.05) is 7.05 Å². The highest BCUT2D eigenvalue weighted by Gasteiger charge is 2.20. The van der Waals surface area contributed by atoms with Gasteiger partial charge in [0.1, 0.15) is 0 Å². The Balaban J connectivity index is 1.85. The van der Waals surface area contributed by atoms with E-state index in [2.05, 4.69) is 10.2 Å². The van der Waals surface area contributed by atoms with E-state index in [4.69, 9.17) is 14.3 Å². The quantitative estimate of drug-likeness (QED) is 0.801. The standard InChI is InChI=1S/C12H16N2O5/c1-14-4-5-18-8(7-14)6-13-11(15)9-2-3-10(19-9)12(16)17/h2-3,8H,4-7H2,1H3,(H,13,15)(H,16,17). The highest BCUT2D eigenvalue weighted by Crippen LogP contribution is 2.08. The molecule has 0 spiro atoms. The Hall–Kier alpha value is -1.86. The number of nitrogens with zero attached hydrogens (tertiary/aromatic N) is 1. The number of hydrogen-bond acceptors (Lipinski definition) is 5. The first kappa shape index (κ1) is 13.6. The summed E-state index contributed by atoms with van der Waals surface area (Å²) in [5.41, 5.74) is 0. The molecular formula is C12H16N2O5. The molecular weight excluding hydrogens is 252 g/mol. The SMILES string of the molecule is CN1CCOC(CNC(=O)c2ccc(C(=O)O)o2)C1. The van der Waals surface area contributed by atoms with E-state index in [0.717, 1.165) is 13.1 Å². The van der Waals surface area contributed by atoms with Crippen LogP contribution >= 0.6 is 0 Å². The van der Waals surface area contributed by atoms with Gasteiger partial charge in [-0.3, -0.25) is 4.79 Å². The van der Waals surface area contributed by atoms with Crippen molar-refractivity contribution in [2.75, 3.05) is 33.3 Å². The third-order valence-corrected chi connectivity index (χ3v) is 2.87. The molecule has 104 valence electrons. The summed E-state index contributed by atoms with van der Waals surface area (Å²) in [6.45, 7) is 2.64. The average molecular weight is 268 g/mol. The summed E-state index contributed by atoms with van der Waals surface area (Å²) in [5, 5.41) is 11.4. The lowest BCUT2D eigenvalue weighted by Gasteiger charge is -2.29. The van der Waals surface area contributed by atoms with Crippen LogP contribution in [0, 0.1) is 0 Å². The number of carbonyl (C=O) groups is 2. The van der Waals surface area contributed by atoms with Crippen LogP contribution in [0.4, 0.5) is 0 Å². The Bertz CT molecular complexity index is 470. The molecule has 7 heteroatoms. The van der Waals surface area contributed by atoms with Crippen molar-refractivity contribution < 1.29 is 23.8 Å². The zero-order valence-corrected chi connectivity index (χ0v) is 10.6. The van der Waals surface area contributed by atoms with Crippen LogP contribution in [-0.4, -0.2) is 61.3 Å². The van der Waals surface area contributed by atoms with Gasteiger partial charge in [-0.2, -0.15) is 0 Å². The molecule has 1 atom stereocenters. The number of carboxylic acid groups (broad SMARTS) is 1. The Morgan fingerprint density at radius 2 is 2.21 bits per heavy atom. The molecule has 1 aliphatic heterocycles. The third kappa shape index (κ3) is 3.55. The molecule has 1 aromatic heterocycles. The summed E-state index contributed by atoms with van der Waals surface area (Å²) in [5.74, 6) is -1.90. The fourth-order valence-corrected chi connectivity index (χ4v) is 1.86. The molecule has 2 rings (SSSR count). The number of amides is 1. The molecule has 1 aliphatic rings. The van der Waals surface area contributed by atoms with Crippen LogP contribution in [0.1, 0.15) is 21.1 Å². The number of carboxylic acids is 1. The largest absolute Gasteiger partial charge is 0.475 e. The molecule has 0 bridgehead atoms. The molecule has 1 aromatic rings. The van der Waals surface area contributed by atoms with E-state index in [1.165, 1.54) is 12.1 Å². The Labute approximate surface area is 110 Å². The zero-order chi connectivity index (χ0) is 13.8. The van der Waals surface area contributed by atoms with Gasteiger partial charge >= 0.3 is 5.97 Å². The Morgan fingerprint density at radius 3 is 2.84 bits per heavy atom. The maximum atomic E-state index is 11.7. The number of ether oxygens (including phenoxy) is 1. The van der Waals surface area contributed by atoms with Crippen LogP contribution in [0.3, 0.4) is 0 Å². The van der Waals surface area contributed by atoms with Crippen LogP contribution in [-0.2, 0) is 4.74 Å². The molecule has 0 aliphatic carbocycles. The molecule has 19 heavy (non-hydrogen) atoms. The average Bonchev–Trinajstić information content (AvgIpc) is 2.86. The van der Waals surface area contributed by atoms with Crippen molar-refractivity contribution in [3.8, 4) is 0 Å². The molecule has 1 saturated heterocycles. The van der Waals surface area contributed by atoms with Crippen molar-refractivity contribution >= 4 is 11.9 Å². The summed E-state index contributed by atoms with van der Waals surface area (Å²) in [4.78, 5) is 24.5. The van der Waals surface area contributed by atoms with Crippen molar-refractivity contribution in [2.24, 2.45) is 0 Å². The summed E-state index contributed by atoms with van der Waals surface area (Å²) in [6, 6.07) is 2.59.